The Bertz CT molecular complexity index is 729. The van der Waals surface area contributed by atoms with Gasteiger partial charge in [0.25, 0.3) is 5.96 Å². The Morgan fingerprint density at radius 2 is 2.23 bits per heavy atom. The maximum absolute atomic E-state index is 11.0. The monoisotopic (exact) mass is 358 g/mol. The first-order valence-electron chi connectivity index (χ1n) is 8.96. The molecule has 1 atom stereocenters. The molecule has 1 aromatic rings. The average molecular weight is 358 g/mol. The number of hydrogen-bond donors (Lipinski definition) is 0. The molecule has 2 fully saturated rings. The van der Waals surface area contributed by atoms with E-state index in [1.807, 2.05) is 47.2 Å². The minimum Gasteiger partial charge on any atom is -0.375 e. The number of ether oxygens (including phenoxy) is 1. The molecule has 1 aromatic carbocycles. The molecule has 7 heteroatoms. The Morgan fingerprint density at radius 1 is 1.42 bits per heavy atom. The lowest BCUT2D eigenvalue weighted by Crippen LogP contribution is -2.35. The van der Waals surface area contributed by atoms with Gasteiger partial charge in [-0.15, -0.1) is 0 Å². The summed E-state index contributed by atoms with van der Waals surface area (Å²) in [6.07, 6.45) is 4.80. The third kappa shape index (κ3) is 4.60. The van der Waals surface area contributed by atoms with Crippen LogP contribution in [0.5, 0.6) is 0 Å². The number of guanidine groups is 1. The summed E-state index contributed by atoms with van der Waals surface area (Å²) in [5.41, 5.74) is 2.13. The predicted octanol–water partition coefficient (Wildman–Crippen LogP) is 2.95. The SMILES string of the molecule is Cc1cccc(C=CN2CCN(CC3COC(C)(C)C3)C2=N[N+](=O)[O-])c1. The fraction of sp³-hybridized carbons (Fsp3) is 0.526. The van der Waals surface area contributed by atoms with Crippen molar-refractivity contribution in [2.75, 3.05) is 26.2 Å². The lowest BCUT2D eigenvalue weighted by Gasteiger charge is -2.22. The first-order chi connectivity index (χ1) is 12.3. The Hall–Kier alpha value is -2.41. The van der Waals surface area contributed by atoms with E-state index in [1.54, 1.807) is 0 Å². The maximum Gasteiger partial charge on any atom is 0.278 e. The second-order valence-electron chi connectivity index (χ2n) is 7.65. The van der Waals surface area contributed by atoms with Crippen molar-refractivity contribution in [2.45, 2.75) is 32.8 Å². The molecule has 2 saturated heterocycles. The minimum atomic E-state index is -0.615. The molecule has 3 rings (SSSR count). The first-order valence-corrected chi connectivity index (χ1v) is 8.96. The van der Waals surface area contributed by atoms with Crippen LogP contribution in [0.4, 0.5) is 0 Å². The minimum absolute atomic E-state index is 0.116. The number of hydrazone groups is 1. The van der Waals surface area contributed by atoms with E-state index in [-0.39, 0.29) is 5.60 Å². The Labute approximate surface area is 154 Å². The normalized spacial score (nSPS) is 24.1. The van der Waals surface area contributed by atoms with E-state index >= 15 is 0 Å². The van der Waals surface area contributed by atoms with Crippen LogP contribution >= 0.6 is 0 Å². The summed E-state index contributed by atoms with van der Waals surface area (Å²) in [5, 5.41) is 14.1. The number of hydrogen-bond acceptors (Lipinski definition) is 3. The van der Waals surface area contributed by atoms with E-state index < -0.39 is 5.03 Å². The lowest BCUT2D eigenvalue weighted by molar-refractivity contribution is -0.486. The van der Waals surface area contributed by atoms with E-state index in [4.69, 9.17) is 4.74 Å². The zero-order valence-electron chi connectivity index (χ0n) is 15.6. The van der Waals surface area contributed by atoms with Crippen molar-refractivity contribution < 1.29 is 9.77 Å². The van der Waals surface area contributed by atoms with E-state index in [1.165, 1.54) is 5.56 Å². The van der Waals surface area contributed by atoms with Crippen LogP contribution in [-0.4, -0.2) is 52.6 Å². The molecule has 7 nitrogen and oxygen atoms in total. The van der Waals surface area contributed by atoms with Gasteiger partial charge >= 0.3 is 0 Å². The highest BCUT2D eigenvalue weighted by molar-refractivity contribution is 5.83. The zero-order chi connectivity index (χ0) is 18.7. The average Bonchev–Trinajstić information content (AvgIpc) is 3.09. The highest BCUT2D eigenvalue weighted by atomic mass is 16.7. The largest absolute Gasteiger partial charge is 0.375 e. The van der Waals surface area contributed by atoms with Gasteiger partial charge in [-0.3, -0.25) is 0 Å². The lowest BCUT2D eigenvalue weighted by atomic mass is 9.97. The van der Waals surface area contributed by atoms with Gasteiger partial charge in [0.2, 0.25) is 0 Å². The molecule has 2 aliphatic heterocycles. The summed E-state index contributed by atoms with van der Waals surface area (Å²) in [6.45, 7) is 9.03. The number of benzene rings is 1. The standard InChI is InChI=1S/C19H26N4O3/c1-15-5-4-6-16(11-15)7-8-21-9-10-22(18(21)20-23(24)25)13-17-12-19(2,3)26-14-17/h4-8,11,17H,9-10,12-14H2,1-3H3. The van der Waals surface area contributed by atoms with Crippen LogP contribution in [0, 0.1) is 23.0 Å². The van der Waals surface area contributed by atoms with E-state index in [9.17, 15) is 10.1 Å². The van der Waals surface area contributed by atoms with Gasteiger partial charge < -0.3 is 14.5 Å². The summed E-state index contributed by atoms with van der Waals surface area (Å²) in [5.74, 6) is 0.770. The van der Waals surface area contributed by atoms with Gasteiger partial charge in [-0.05, 0) is 38.8 Å². The molecule has 0 saturated carbocycles. The zero-order valence-corrected chi connectivity index (χ0v) is 15.6. The van der Waals surface area contributed by atoms with Crippen molar-refractivity contribution >= 4 is 12.0 Å². The summed E-state index contributed by atoms with van der Waals surface area (Å²) >= 11 is 0. The number of rotatable bonds is 5. The summed E-state index contributed by atoms with van der Waals surface area (Å²) < 4.78 is 5.79. The summed E-state index contributed by atoms with van der Waals surface area (Å²) in [4.78, 5) is 14.9. The highest BCUT2D eigenvalue weighted by Gasteiger charge is 2.36. The number of nitro groups is 1. The van der Waals surface area contributed by atoms with Crippen LogP contribution in [0.3, 0.4) is 0 Å². The molecule has 0 spiro atoms. The molecule has 2 heterocycles. The van der Waals surface area contributed by atoms with Crippen LogP contribution in [0.25, 0.3) is 6.08 Å². The molecule has 140 valence electrons. The molecule has 2 aliphatic rings. The van der Waals surface area contributed by atoms with Crippen LogP contribution in [0.2, 0.25) is 0 Å². The number of nitrogens with zero attached hydrogens (tertiary/aromatic N) is 4. The van der Waals surface area contributed by atoms with Crippen LogP contribution in [-0.2, 0) is 4.74 Å². The second-order valence-corrected chi connectivity index (χ2v) is 7.65. The topological polar surface area (TPSA) is 71.2 Å². The smallest absolute Gasteiger partial charge is 0.278 e. The van der Waals surface area contributed by atoms with Crippen molar-refractivity contribution in [3.05, 3.63) is 51.7 Å². The third-order valence-electron chi connectivity index (χ3n) is 4.78. The quantitative estimate of drug-likeness (QED) is 0.598. The van der Waals surface area contributed by atoms with Crippen molar-refractivity contribution in [1.29, 1.82) is 0 Å². The van der Waals surface area contributed by atoms with Crippen LogP contribution < -0.4 is 0 Å². The van der Waals surface area contributed by atoms with Gasteiger partial charge in [-0.2, -0.15) is 0 Å². The molecule has 0 amide bonds. The van der Waals surface area contributed by atoms with Gasteiger partial charge in [-0.1, -0.05) is 29.8 Å². The maximum atomic E-state index is 11.0. The number of aryl methyl sites for hydroxylation is 1. The fourth-order valence-electron chi connectivity index (χ4n) is 3.65. The molecule has 0 aliphatic carbocycles. The molecule has 0 aromatic heterocycles. The van der Waals surface area contributed by atoms with Gasteiger partial charge in [0.05, 0.1) is 12.2 Å². The molecule has 0 radical (unpaired) electrons. The predicted molar refractivity (Wildman–Crippen MR) is 101 cm³/mol. The molecule has 1 unspecified atom stereocenters. The third-order valence-corrected chi connectivity index (χ3v) is 4.78. The molecule has 0 bridgehead atoms. The second kappa shape index (κ2) is 7.45. The van der Waals surface area contributed by atoms with Gasteiger partial charge in [0.15, 0.2) is 5.03 Å². The van der Waals surface area contributed by atoms with Crippen molar-refractivity contribution in [1.82, 2.24) is 9.80 Å². The van der Waals surface area contributed by atoms with E-state index in [0.717, 1.165) is 25.1 Å². The van der Waals surface area contributed by atoms with Crippen molar-refractivity contribution in [3.63, 3.8) is 0 Å². The first kappa shape index (κ1) is 18.4. The van der Waals surface area contributed by atoms with Gasteiger partial charge in [0, 0.05) is 31.8 Å². The van der Waals surface area contributed by atoms with E-state index in [0.29, 0.717) is 25.0 Å². The Kier molecular flexibility index (Phi) is 5.27. The fourth-order valence-corrected chi connectivity index (χ4v) is 3.65. The van der Waals surface area contributed by atoms with Gasteiger partial charge in [-0.25, -0.2) is 10.1 Å². The highest BCUT2D eigenvalue weighted by Crippen LogP contribution is 2.30. The Morgan fingerprint density at radius 3 is 2.88 bits per heavy atom. The molecule has 0 N–H and O–H groups in total. The molecule has 26 heavy (non-hydrogen) atoms. The van der Waals surface area contributed by atoms with Gasteiger partial charge in [0.1, 0.15) is 5.10 Å². The van der Waals surface area contributed by atoms with E-state index in [2.05, 4.69) is 25.0 Å². The van der Waals surface area contributed by atoms with Crippen LogP contribution in [0.1, 0.15) is 31.4 Å². The molecular formula is C19H26N4O3. The van der Waals surface area contributed by atoms with Crippen LogP contribution in [0.15, 0.2) is 35.6 Å². The van der Waals surface area contributed by atoms with Crippen molar-refractivity contribution in [2.24, 2.45) is 11.0 Å². The summed E-state index contributed by atoms with van der Waals surface area (Å²) in [7, 11) is 0. The Balaban J connectivity index is 1.71. The molecular weight excluding hydrogens is 332 g/mol. The van der Waals surface area contributed by atoms with Crippen molar-refractivity contribution in [3.8, 4) is 0 Å². The summed E-state index contributed by atoms with van der Waals surface area (Å²) in [6, 6.07) is 8.13.